The highest BCUT2D eigenvalue weighted by molar-refractivity contribution is 5.93. The Morgan fingerprint density at radius 2 is 2.19 bits per heavy atom. The van der Waals surface area contributed by atoms with Crippen molar-refractivity contribution in [1.29, 1.82) is 0 Å². The number of rotatable bonds is 1. The minimum absolute atomic E-state index is 0.241. The SMILES string of the molecule is COc1cc2c3c(cccc3c1)O[C@H](C)C2. The quantitative estimate of drug-likeness (QED) is 0.726. The summed E-state index contributed by atoms with van der Waals surface area (Å²) in [6, 6.07) is 10.3. The molecule has 3 rings (SSSR count). The number of benzene rings is 2. The van der Waals surface area contributed by atoms with Crippen LogP contribution < -0.4 is 9.47 Å². The molecule has 82 valence electrons. The summed E-state index contributed by atoms with van der Waals surface area (Å²) >= 11 is 0. The molecule has 1 aliphatic rings. The minimum atomic E-state index is 0.241. The van der Waals surface area contributed by atoms with Gasteiger partial charge in [-0.1, -0.05) is 12.1 Å². The van der Waals surface area contributed by atoms with Gasteiger partial charge in [0.1, 0.15) is 11.5 Å². The van der Waals surface area contributed by atoms with E-state index in [4.69, 9.17) is 9.47 Å². The van der Waals surface area contributed by atoms with Gasteiger partial charge in [0.15, 0.2) is 0 Å². The lowest BCUT2D eigenvalue weighted by Crippen LogP contribution is -2.19. The maximum atomic E-state index is 5.84. The highest BCUT2D eigenvalue weighted by Gasteiger charge is 2.19. The van der Waals surface area contributed by atoms with Crippen molar-refractivity contribution in [3.8, 4) is 11.5 Å². The van der Waals surface area contributed by atoms with Crippen molar-refractivity contribution in [3.63, 3.8) is 0 Å². The van der Waals surface area contributed by atoms with E-state index in [1.807, 2.05) is 12.1 Å². The summed E-state index contributed by atoms with van der Waals surface area (Å²) in [6.45, 7) is 2.10. The molecule has 2 aromatic carbocycles. The van der Waals surface area contributed by atoms with Gasteiger partial charge >= 0.3 is 0 Å². The first-order valence-electron chi connectivity index (χ1n) is 5.54. The zero-order chi connectivity index (χ0) is 11.1. The van der Waals surface area contributed by atoms with Crippen LogP contribution in [-0.2, 0) is 6.42 Å². The zero-order valence-electron chi connectivity index (χ0n) is 9.49. The molecule has 2 heteroatoms. The van der Waals surface area contributed by atoms with Crippen LogP contribution in [0.15, 0.2) is 30.3 Å². The van der Waals surface area contributed by atoms with E-state index in [1.165, 1.54) is 16.3 Å². The first-order chi connectivity index (χ1) is 7.78. The van der Waals surface area contributed by atoms with Crippen molar-refractivity contribution in [2.24, 2.45) is 0 Å². The summed E-state index contributed by atoms with van der Waals surface area (Å²) in [5.41, 5.74) is 1.32. The summed E-state index contributed by atoms with van der Waals surface area (Å²) in [7, 11) is 1.71. The van der Waals surface area contributed by atoms with Gasteiger partial charge in [-0.05, 0) is 36.1 Å². The molecule has 0 saturated carbocycles. The summed E-state index contributed by atoms with van der Waals surface area (Å²) in [5, 5.41) is 2.43. The van der Waals surface area contributed by atoms with E-state index < -0.39 is 0 Å². The number of hydrogen-bond donors (Lipinski definition) is 0. The second-order valence-electron chi connectivity index (χ2n) is 4.27. The lowest BCUT2D eigenvalue weighted by molar-refractivity contribution is 0.218. The second kappa shape index (κ2) is 3.41. The second-order valence-corrected chi connectivity index (χ2v) is 4.27. The van der Waals surface area contributed by atoms with E-state index in [-0.39, 0.29) is 6.10 Å². The highest BCUT2D eigenvalue weighted by atomic mass is 16.5. The number of methoxy groups -OCH3 is 1. The predicted molar refractivity (Wildman–Crippen MR) is 64.3 cm³/mol. The predicted octanol–water partition coefficient (Wildman–Crippen LogP) is 3.17. The van der Waals surface area contributed by atoms with E-state index in [0.717, 1.165) is 17.9 Å². The Balaban J connectivity index is 2.34. The molecular weight excluding hydrogens is 200 g/mol. The maximum Gasteiger partial charge on any atom is 0.127 e. The van der Waals surface area contributed by atoms with Crippen LogP contribution in [0.25, 0.3) is 10.8 Å². The fourth-order valence-corrected chi connectivity index (χ4v) is 2.40. The third-order valence-corrected chi connectivity index (χ3v) is 3.07. The molecule has 0 aliphatic carbocycles. The van der Waals surface area contributed by atoms with Crippen molar-refractivity contribution in [3.05, 3.63) is 35.9 Å². The van der Waals surface area contributed by atoms with Crippen LogP contribution in [-0.4, -0.2) is 13.2 Å². The normalized spacial score (nSPS) is 18.2. The van der Waals surface area contributed by atoms with Gasteiger partial charge in [-0.25, -0.2) is 0 Å². The molecule has 0 spiro atoms. The zero-order valence-corrected chi connectivity index (χ0v) is 9.49. The lowest BCUT2D eigenvalue weighted by atomic mass is 9.96. The van der Waals surface area contributed by atoms with E-state index in [9.17, 15) is 0 Å². The Labute approximate surface area is 94.8 Å². The van der Waals surface area contributed by atoms with E-state index in [0.29, 0.717) is 0 Å². The third kappa shape index (κ3) is 1.33. The van der Waals surface area contributed by atoms with Gasteiger partial charge in [0.2, 0.25) is 0 Å². The molecular formula is C14H14O2. The molecule has 0 saturated heterocycles. The van der Waals surface area contributed by atoms with Crippen molar-refractivity contribution >= 4 is 10.8 Å². The Hall–Kier alpha value is -1.70. The lowest BCUT2D eigenvalue weighted by Gasteiger charge is -2.24. The summed E-state index contributed by atoms with van der Waals surface area (Å²) in [6.07, 6.45) is 1.19. The molecule has 1 heterocycles. The van der Waals surface area contributed by atoms with Gasteiger partial charge in [-0.15, -0.1) is 0 Å². The third-order valence-electron chi connectivity index (χ3n) is 3.07. The Morgan fingerprint density at radius 1 is 1.31 bits per heavy atom. The molecule has 0 N–H and O–H groups in total. The minimum Gasteiger partial charge on any atom is -0.497 e. The van der Waals surface area contributed by atoms with Crippen LogP contribution in [0, 0.1) is 0 Å². The molecule has 2 aromatic rings. The van der Waals surface area contributed by atoms with E-state index >= 15 is 0 Å². The van der Waals surface area contributed by atoms with Gasteiger partial charge < -0.3 is 9.47 Å². The van der Waals surface area contributed by atoms with E-state index in [2.05, 4.69) is 25.1 Å². The van der Waals surface area contributed by atoms with Crippen LogP contribution >= 0.6 is 0 Å². The van der Waals surface area contributed by atoms with Gasteiger partial charge in [-0.3, -0.25) is 0 Å². The van der Waals surface area contributed by atoms with Crippen LogP contribution in [0.2, 0.25) is 0 Å². The Bertz CT molecular complexity index is 546. The Kier molecular flexibility index (Phi) is 2.03. The van der Waals surface area contributed by atoms with Crippen LogP contribution in [0.3, 0.4) is 0 Å². The van der Waals surface area contributed by atoms with Gasteiger partial charge in [0, 0.05) is 11.8 Å². The van der Waals surface area contributed by atoms with Crippen LogP contribution in [0.4, 0.5) is 0 Å². The summed E-state index contributed by atoms with van der Waals surface area (Å²) in [5.74, 6) is 1.92. The Morgan fingerprint density at radius 3 is 3.00 bits per heavy atom. The monoisotopic (exact) mass is 214 g/mol. The molecule has 1 atom stereocenters. The number of hydrogen-bond acceptors (Lipinski definition) is 2. The van der Waals surface area contributed by atoms with Crippen LogP contribution in [0.5, 0.6) is 11.5 Å². The molecule has 0 aromatic heterocycles. The summed E-state index contributed by atoms with van der Waals surface area (Å²) < 4.78 is 11.2. The first kappa shape index (κ1) is 9.52. The van der Waals surface area contributed by atoms with Crippen molar-refractivity contribution in [2.75, 3.05) is 7.11 Å². The van der Waals surface area contributed by atoms with Crippen molar-refractivity contribution < 1.29 is 9.47 Å². The molecule has 1 aliphatic heterocycles. The molecule has 0 bridgehead atoms. The average molecular weight is 214 g/mol. The van der Waals surface area contributed by atoms with Crippen LogP contribution in [0.1, 0.15) is 12.5 Å². The molecule has 2 nitrogen and oxygen atoms in total. The molecule has 0 fully saturated rings. The standard InChI is InChI=1S/C14H14O2/c1-9-6-11-8-12(15-2)7-10-4-3-5-13(16-9)14(10)11/h3-5,7-9H,6H2,1-2H3/t9-/m1/s1. The van der Waals surface area contributed by atoms with Gasteiger partial charge in [0.05, 0.1) is 13.2 Å². The molecule has 16 heavy (non-hydrogen) atoms. The average Bonchev–Trinajstić information content (AvgIpc) is 2.28. The topological polar surface area (TPSA) is 18.5 Å². The van der Waals surface area contributed by atoms with E-state index in [1.54, 1.807) is 7.11 Å². The largest absolute Gasteiger partial charge is 0.497 e. The molecule has 0 amide bonds. The highest BCUT2D eigenvalue weighted by Crippen LogP contribution is 2.37. The maximum absolute atomic E-state index is 5.84. The van der Waals surface area contributed by atoms with Crippen molar-refractivity contribution in [2.45, 2.75) is 19.4 Å². The molecule has 0 unspecified atom stereocenters. The smallest absolute Gasteiger partial charge is 0.127 e. The van der Waals surface area contributed by atoms with Gasteiger partial charge in [-0.2, -0.15) is 0 Å². The summed E-state index contributed by atoms with van der Waals surface area (Å²) in [4.78, 5) is 0. The fourth-order valence-electron chi connectivity index (χ4n) is 2.40. The first-order valence-corrected chi connectivity index (χ1v) is 5.54. The fraction of sp³-hybridized carbons (Fsp3) is 0.286. The molecule has 0 radical (unpaired) electrons. The van der Waals surface area contributed by atoms with Gasteiger partial charge in [0.25, 0.3) is 0 Å². The van der Waals surface area contributed by atoms with Crippen molar-refractivity contribution in [1.82, 2.24) is 0 Å². The number of ether oxygens (including phenoxy) is 2.